The molecule has 3 heterocycles. The van der Waals surface area contributed by atoms with Gasteiger partial charge in [0.1, 0.15) is 16.3 Å². The smallest absolute Gasteiger partial charge is 0.270 e. The molecule has 174 valence electrons. The average molecular weight is 462 g/mol. The van der Waals surface area contributed by atoms with Crippen molar-refractivity contribution < 1.29 is 22.7 Å². The monoisotopic (exact) mass is 461 g/mol. The van der Waals surface area contributed by atoms with Gasteiger partial charge in [0.15, 0.2) is 0 Å². The van der Waals surface area contributed by atoms with E-state index in [1.54, 1.807) is 23.6 Å². The highest BCUT2D eigenvalue weighted by atomic mass is 32.2. The van der Waals surface area contributed by atoms with E-state index in [0.29, 0.717) is 44.2 Å². The van der Waals surface area contributed by atoms with E-state index in [4.69, 9.17) is 9.47 Å². The summed E-state index contributed by atoms with van der Waals surface area (Å²) in [5, 5.41) is 0. The SMILES string of the molecule is COc1ccccc1CN(CC1CCCO1)C(=O)c1cc(S(=O)(=O)N2CCCC2)cn1C. The summed E-state index contributed by atoms with van der Waals surface area (Å²) in [6.07, 6.45) is 5.12. The molecule has 8 nitrogen and oxygen atoms in total. The van der Waals surface area contributed by atoms with Crippen LogP contribution in [0.5, 0.6) is 5.75 Å². The fourth-order valence-electron chi connectivity index (χ4n) is 4.42. The highest BCUT2D eigenvalue weighted by Gasteiger charge is 2.31. The first-order valence-corrected chi connectivity index (χ1v) is 12.5. The first-order chi connectivity index (χ1) is 15.4. The molecule has 1 amide bonds. The summed E-state index contributed by atoms with van der Waals surface area (Å²) < 4.78 is 40.4. The minimum absolute atomic E-state index is 0.0262. The Morgan fingerprint density at radius 2 is 1.97 bits per heavy atom. The highest BCUT2D eigenvalue weighted by Crippen LogP contribution is 2.26. The van der Waals surface area contributed by atoms with E-state index < -0.39 is 10.0 Å². The Hall–Kier alpha value is -2.36. The number of amides is 1. The van der Waals surface area contributed by atoms with Crippen molar-refractivity contribution in [1.82, 2.24) is 13.8 Å². The Morgan fingerprint density at radius 3 is 2.66 bits per heavy atom. The van der Waals surface area contributed by atoms with Crippen LogP contribution in [0.15, 0.2) is 41.4 Å². The maximum absolute atomic E-state index is 13.6. The first kappa shape index (κ1) is 22.8. The molecule has 1 aromatic heterocycles. The van der Waals surface area contributed by atoms with Crippen molar-refractivity contribution in [1.29, 1.82) is 0 Å². The summed E-state index contributed by atoms with van der Waals surface area (Å²) in [6.45, 7) is 2.54. The van der Waals surface area contributed by atoms with Crippen LogP contribution >= 0.6 is 0 Å². The Labute approximate surface area is 189 Å². The number of para-hydroxylation sites is 1. The lowest BCUT2D eigenvalue weighted by Crippen LogP contribution is -2.37. The Morgan fingerprint density at radius 1 is 1.22 bits per heavy atom. The normalized spacial score (nSPS) is 19.4. The summed E-state index contributed by atoms with van der Waals surface area (Å²) in [5.41, 5.74) is 1.23. The van der Waals surface area contributed by atoms with Crippen LogP contribution in [0.4, 0.5) is 0 Å². The van der Waals surface area contributed by atoms with Gasteiger partial charge in [-0.2, -0.15) is 4.31 Å². The number of carbonyl (C=O) groups is 1. The largest absolute Gasteiger partial charge is 0.496 e. The Kier molecular flexibility index (Phi) is 6.88. The average Bonchev–Trinajstić information content (AvgIpc) is 3.55. The van der Waals surface area contributed by atoms with E-state index in [-0.39, 0.29) is 16.9 Å². The number of carbonyl (C=O) groups excluding carboxylic acids is 1. The zero-order chi connectivity index (χ0) is 22.7. The molecular formula is C23H31N3O5S. The molecule has 2 aromatic rings. The topological polar surface area (TPSA) is 81.1 Å². The number of nitrogens with zero attached hydrogens (tertiary/aromatic N) is 3. The molecule has 0 radical (unpaired) electrons. The summed E-state index contributed by atoms with van der Waals surface area (Å²) >= 11 is 0. The van der Waals surface area contributed by atoms with E-state index in [1.165, 1.54) is 16.6 Å². The van der Waals surface area contributed by atoms with Gasteiger partial charge in [0, 0.05) is 51.6 Å². The van der Waals surface area contributed by atoms with Crippen LogP contribution in [-0.4, -0.2) is 67.6 Å². The second kappa shape index (κ2) is 9.64. The maximum Gasteiger partial charge on any atom is 0.270 e. The number of hydrogen-bond donors (Lipinski definition) is 0. The summed E-state index contributed by atoms with van der Waals surface area (Å²) in [5.74, 6) is 0.485. The highest BCUT2D eigenvalue weighted by molar-refractivity contribution is 7.89. The summed E-state index contributed by atoms with van der Waals surface area (Å²) in [4.78, 5) is 15.5. The van der Waals surface area contributed by atoms with Gasteiger partial charge in [-0.1, -0.05) is 18.2 Å². The number of methoxy groups -OCH3 is 1. The second-order valence-electron chi connectivity index (χ2n) is 8.42. The number of sulfonamides is 1. The minimum Gasteiger partial charge on any atom is -0.496 e. The molecule has 0 spiro atoms. The van der Waals surface area contributed by atoms with Gasteiger partial charge in [-0.05, 0) is 37.8 Å². The predicted molar refractivity (Wildman–Crippen MR) is 120 cm³/mol. The third-order valence-electron chi connectivity index (χ3n) is 6.19. The molecule has 0 aliphatic carbocycles. The lowest BCUT2D eigenvalue weighted by molar-refractivity contribution is 0.0498. The number of ether oxygens (including phenoxy) is 2. The molecular weight excluding hydrogens is 430 g/mol. The first-order valence-electron chi connectivity index (χ1n) is 11.1. The fraction of sp³-hybridized carbons (Fsp3) is 0.522. The van der Waals surface area contributed by atoms with Gasteiger partial charge >= 0.3 is 0 Å². The molecule has 1 unspecified atom stereocenters. The molecule has 2 fully saturated rings. The van der Waals surface area contributed by atoms with E-state index in [1.807, 2.05) is 24.3 Å². The number of rotatable bonds is 8. The van der Waals surface area contributed by atoms with Crippen molar-refractivity contribution in [2.45, 2.75) is 43.2 Å². The van der Waals surface area contributed by atoms with Gasteiger partial charge in [0.25, 0.3) is 5.91 Å². The van der Waals surface area contributed by atoms with Crippen molar-refractivity contribution in [3.05, 3.63) is 47.8 Å². The minimum atomic E-state index is -3.59. The molecule has 32 heavy (non-hydrogen) atoms. The van der Waals surface area contributed by atoms with E-state index in [2.05, 4.69) is 0 Å². The van der Waals surface area contributed by atoms with Crippen LogP contribution < -0.4 is 4.74 Å². The van der Waals surface area contributed by atoms with Crippen molar-refractivity contribution in [2.24, 2.45) is 7.05 Å². The molecule has 9 heteroatoms. The zero-order valence-corrected chi connectivity index (χ0v) is 19.5. The maximum atomic E-state index is 13.6. The molecule has 2 saturated heterocycles. The van der Waals surface area contributed by atoms with Gasteiger partial charge in [-0.3, -0.25) is 4.79 Å². The zero-order valence-electron chi connectivity index (χ0n) is 18.7. The van der Waals surface area contributed by atoms with E-state index >= 15 is 0 Å². The summed E-state index contributed by atoms with van der Waals surface area (Å²) in [7, 11) is -0.274. The molecule has 0 saturated carbocycles. The van der Waals surface area contributed by atoms with Crippen molar-refractivity contribution in [3.8, 4) is 5.75 Å². The molecule has 0 N–H and O–H groups in total. The van der Waals surface area contributed by atoms with E-state index in [0.717, 1.165) is 31.2 Å². The number of aryl methyl sites for hydroxylation is 1. The molecule has 2 aliphatic heterocycles. The van der Waals surface area contributed by atoms with Gasteiger partial charge < -0.3 is 18.9 Å². The lowest BCUT2D eigenvalue weighted by atomic mass is 10.1. The summed E-state index contributed by atoms with van der Waals surface area (Å²) in [6, 6.07) is 9.11. The number of hydrogen-bond acceptors (Lipinski definition) is 5. The van der Waals surface area contributed by atoms with Crippen molar-refractivity contribution in [2.75, 3.05) is 33.4 Å². The second-order valence-corrected chi connectivity index (χ2v) is 10.4. The van der Waals surface area contributed by atoms with Gasteiger partial charge in [-0.15, -0.1) is 0 Å². The van der Waals surface area contributed by atoms with E-state index in [9.17, 15) is 13.2 Å². The van der Waals surface area contributed by atoms with Crippen LogP contribution in [0.2, 0.25) is 0 Å². The Balaban J connectivity index is 1.62. The van der Waals surface area contributed by atoms with Gasteiger partial charge in [-0.25, -0.2) is 8.42 Å². The quantitative estimate of drug-likeness (QED) is 0.604. The van der Waals surface area contributed by atoms with Crippen LogP contribution in [0.3, 0.4) is 0 Å². The van der Waals surface area contributed by atoms with Crippen molar-refractivity contribution in [3.63, 3.8) is 0 Å². The number of aromatic nitrogens is 1. The lowest BCUT2D eigenvalue weighted by Gasteiger charge is -2.26. The molecule has 4 rings (SSSR count). The third kappa shape index (κ3) is 4.69. The molecule has 1 atom stereocenters. The molecule has 1 aromatic carbocycles. The van der Waals surface area contributed by atoms with Gasteiger partial charge in [0.05, 0.1) is 13.2 Å². The van der Waals surface area contributed by atoms with Crippen LogP contribution in [-0.2, 0) is 28.4 Å². The molecule has 2 aliphatic rings. The standard InChI is InChI=1S/C23H31N3O5S/c1-24-17-20(32(28,29)26-11-5-6-12-26)14-21(24)23(27)25(16-19-9-7-13-31-19)15-18-8-3-4-10-22(18)30-2/h3-4,8,10,14,17,19H,5-7,9,11-13,15-16H2,1-2H3. The third-order valence-corrected chi connectivity index (χ3v) is 8.05. The Bertz CT molecular complexity index is 1050. The number of benzene rings is 1. The van der Waals surface area contributed by atoms with Crippen LogP contribution in [0.25, 0.3) is 0 Å². The van der Waals surface area contributed by atoms with Crippen LogP contribution in [0, 0.1) is 0 Å². The van der Waals surface area contributed by atoms with Crippen molar-refractivity contribution >= 4 is 15.9 Å². The predicted octanol–water partition coefficient (Wildman–Crippen LogP) is 2.64. The molecule has 0 bridgehead atoms. The van der Waals surface area contributed by atoms with Crippen LogP contribution in [0.1, 0.15) is 41.7 Å². The van der Waals surface area contributed by atoms with Gasteiger partial charge in [0.2, 0.25) is 10.0 Å². The fourth-order valence-corrected chi connectivity index (χ4v) is 6.01.